The van der Waals surface area contributed by atoms with Crippen molar-refractivity contribution in [2.75, 3.05) is 0 Å². The van der Waals surface area contributed by atoms with E-state index < -0.39 is 6.55 Å². The number of benzene rings is 1. The highest BCUT2D eigenvalue weighted by molar-refractivity contribution is 6.13. The molecule has 1 aliphatic rings. The first-order chi connectivity index (χ1) is 11.8. The highest BCUT2D eigenvalue weighted by atomic mass is 19.3. The van der Waals surface area contributed by atoms with E-state index >= 15 is 0 Å². The summed E-state index contributed by atoms with van der Waals surface area (Å²) in [5.41, 5.74) is 15.5. The maximum Gasteiger partial charge on any atom is 0.332 e. The summed E-state index contributed by atoms with van der Waals surface area (Å²) in [5.74, 6) is 0.161. The van der Waals surface area contributed by atoms with Crippen LogP contribution < -0.4 is 16.8 Å². The first-order valence-corrected chi connectivity index (χ1v) is 8.44. The van der Waals surface area contributed by atoms with Gasteiger partial charge >= 0.3 is 6.55 Å². The number of halogens is 2. The van der Waals surface area contributed by atoms with Gasteiger partial charge in [-0.15, -0.1) is 0 Å². The van der Waals surface area contributed by atoms with Crippen molar-refractivity contribution < 1.29 is 8.78 Å². The van der Waals surface area contributed by atoms with Crippen LogP contribution in [-0.2, 0) is 0 Å². The lowest BCUT2D eigenvalue weighted by molar-refractivity contribution is 0.160. The van der Waals surface area contributed by atoms with Gasteiger partial charge in [-0.25, -0.2) is 4.99 Å². The molecule has 1 aromatic carbocycles. The van der Waals surface area contributed by atoms with E-state index in [-0.39, 0.29) is 17.7 Å². The number of nitrogens with two attached hydrogens (primary N) is 2. The van der Waals surface area contributed by atoms with Crippen LogP contribution in [0.3, 0.4) is 0 Å². The Hall–Kier alpha value is -2.21. The topological polar surface area (TPSA) is 76.4 Å². The van der Waals surface area contributed by atoms with Gasteiger partial charge in [0.2, 0.25) is 0 Å². The van der Waals surface area contributed by atoms with Gasteiger partial charge in [-0.1, -0.05) is 32.1 Å². The third kappa shape index (κ3) is 4.66. The van der Waals surface area contributed by atoms with E-state index in [1.54, 1.807) is 0 Å². The Kier molecular flexibility index (Phi) is 6.31. The Morgan fingerprint density at radius 1 is 1.36 bits per heavy atom. The van der Waals surface area contributed by atoms with Gasteiger partial charge in [0.05, 0.1) is 11.4 Å². The van der Waals surface area contributed by atoms with Crippen LogP contribution >= 0.6 is 0 Å². The van der Waals surface area contributed by atoms with E-state index in [2.05, 4.69) is 16.9 Å². The lowest BCUT2D eigenvalue weighted by atomic mass is 9.91. The molecule has 4 nitrogen and oxygen atoms in total. The summed E-state index contributed by atoms with van der Waals surface area (Å²) in [4.78, 5) is 3.53. The van der Waals surface area contributed by atoms with Crippen LogP contribution in [0.15, 0.2) is 47.4 Å². The Labute approximate surface area is 147 Å². The summed E-state index contributed by atoms with van der Waals surface area (Å²) in [5, 5.41) is 3.08. The highest BCUT2D eigenvalue weighted by Crippen LogP contribution is 2.26. The van der Waals surface area contributed by atoms with Crippen molar-refractivity contribution in [1.82, 2.24) is 5.32 Å². The molecule has 0 saturated carbocycles. The van der Waals surface area contributed by atoms with Crippen LogP contribution in [-0.4, -0.2) is 12.3 Å². The molecular formula is C19H26F2N4. The summed E-state index contributed by atoms with van der Waals surface area (Å²) in [6.07, 6.45) is 3.93. The van der Waals surface area contributed by atoms with E-state index in [0.717, 1.165) is 36.1 Å². The van der Waals surface area contributed by atoms with Crippen molar-refractivity contribution >= 4 is 5.71 Å². The highest BCUT2D eigenvalue weighted by Gasteiger charge is 2.20. The standard InChI is InChI=1S/C19H26F2N4/c1-11-5-4-6-16(23)14-8-7-12(2)15(9-14)18(25-19(20)21)17(10-22)24-13(11)3/h7-11,16,19,24H,3-6,22-23H2,1-2H3. The largest absolute Gasteiger partial charge is 0.403 e. The van der Waals surface area contributed by atoms with Crippen molar-refractivity contribution in [3.05, 3.63) is 59.1 Å². The van der Waals surface area contributed by atoms with Gasteiger partial charge in [0.15, 0.2) is 0 Å². The Morgan fingerprint density at radius 2 is 2.08 bits per heavy atom. The third-order valence-electron chi connectivity index (χ3n) is 4.64. The molecule has 2 rings (SSSR count). The number of nitrogens with one attached hydrogen (secondary N) is 1. The SMILES string of the molecule is C=C1NC(=CN)C(=NC(F)F)c2cc(ccc2C)C(N)CCCC1C. The molecule has 136 valence electrons. The van der Waals surface area contributed by atoms with Gasteiger partial charge < -0.3 is 16.8 Å². The quantitative estimate of drug-likeness (QED) is 0.677. The molecule has 0 saturated heterocycles. The molecule has 0 aliphatic carbocycles. The van der Waals surface area contributed by atoms with E-state index in [9.17, 15) is 8.78 Å². The molecule has 2 bridgehead atoms. The van der Waals surface area contributed by atoms with Crippen molar-refractivity contribution in [2.45, 2.75) is 45.7 Å². The molecule has 2 unspecified atom stereocenters. The van der Waals surface area contributed by atoms with E-state index in [1.165, 1.54) is 6.20 Å². The number of fused-ring (bicyclic) bond motifs is 2. The van der Waals surface area contributed by atoms with E-state index in [1.807, 2.05) is 32.0 Å². The lowest BCUT2D eigenvalue weighted by Crippen LogP contribution is -2.27. The predicted octanol–water partition coefficient (Wildman–Crippen LogP) is 3.73. The van der Waals surface area contributed by atoms with Gasteiger partial charge in [0, 0.05) is 23.5 Å². The van der Waals surface area contributed by atoms with Crippen LogP contribution in [0.25, 0.3) is 0 Å². The van der Waals surface area contributed by atoms with Crippen LogP contribution in [0.4, 0.5) is 8.78 Å². The second-order valence-electron chi connectivity index (χ2n) is 6.50. The number of hydrogen-bond acceptors (Lipinski definition) is 4. The number of rotatable bonds is 1. The average Bonchev–Trinajstić information content (AvgIpc) is 2.57. The first-order valence-electron chi connectivity index (χ1n) is 8.44. The zero-order chi connectivity index (χ0) is 18.6. The van der Waals surface area contributed by atoms with Crippen molar-refractivity contribution in [2.24, 2.45) is 22.4 Å². The molecule has 1 heterocycles. The fraction of sp³-hybridized carbons (Fsp3) is 0.421. The second kappa shape index (κ2) is 8.25. The summed E-state index contributed by atoms with van der Waals surface area (Å²) < 4.78 is 26.2. The van der Waals surface area contributed by atoms with Crippen molar-refractivity contribution in [1.29, 1.82) is 0 Å². The summed E-state index contributed by atoms with van der Waals surface area (Å²) in [6.45, 7) is 5.07. The fourth-order valence-corrected chi connectivity index (χ4v) is 2.97. The average molecular weight is 348 g/mol. The monoisotopic (exact) mass is 348 g/mol. The van der Waals surface area contributed by atoms with Crippen LogP contribution in [0, 0.1) is 12.8 Å². The molecule has 0 aromatic heterocycles. The molecular weight excluding hydrogens is 322 g/mol. The van der Waals surface area contributed by atoms with E-state index in [4.69, 9.17) is 11.5 Å². The maximum absolute atomic E-state index is 13.1. The summed E-state index contributed by atoms with van der Waals surface area (Å²) in [6, 6.07) is 5.50. The zero-order valence-corrected chi connectivity index (χ0v) is 14.7. The predicted molar refractivity (Wildman–Crippen MR) is 98.2 cm³/mol. The van der Waals surface area contributed by atoms with Crippen LogP contribution in [0.2, 0.25) is 0 Å². The minimum absolute atomic E-state index is 0.123. The molecule has 6 heteroatoms. The van der Waals surface area contributed by atoms with Crippen LogP contribution in [0.5, 0.6) is 0 Å². The zero-order valence-electron chi connectivity index (χ0n) is 14.7. The Morgan fingerprint density at radius 3 is 2.72 bits per heavy atom. The lowest BCUT2D eigenvalue weighted by Gasteiger charge is -2.23. The van der Waals surface area contributed by atoms with Gasteiger partial charge in [0.25, 0.3) is 0 Å². The molecule has 0 fully saturated rings. The third-order valence-corrected chi connectivity index (χ3v) is 4.64. The Bertz CT molecular complexity index is 695. The first kappa shape index (κ1) is 19.1. The molecule has 0 amide bonds. The van der Waals surface area contributed by atoms with Gasteiger partial charge in [-0.2, -0.15) is 8.78 Å². The normalized spacial score (nSPS) is 25.6. The number of aliphatic imine (C=N–C) groups is 1. The number of nitrogens with zero attached hydrogens (tertiary/aromatic N) is 1. The Balaban J connectivity index is 2.62. The molecule has 1 aromatic rings. The molecule has 1 aliphatic heterocycles. The molecule has 0 radical (unpaired) electrons. The molecule has 2 atom stereocenters. The van der Waals surface area contributed by atoms with Crippen LogP contribution in [0.1, 0.15) is 48.9 Å². The van der Waals surface area contributed by atoms with Crippen molar-refractivity contribution in [3.8, 4) is 0 Å². The van der Waals surface area contributed by atoms with E-state index in [0.29, 0.717) is 11.3 Å². The fourth-order valence-electron chi connectivity index (χ4n) is 2.97. The maximum atomic E-state index is 13.1. The van der Waals surface area contributed by atoms with Gasteiger partial charge in [-0.3, -0.25) is 0 Å². The molecule has 0 spiro atoms. The smallest absolute Gasteiger partial charge is 0.332 e. The van der Waals surface area contributed by atoms with Gasteiger partial charge in [-0.05, 0) is 42.9 Å². The summed E-state index contributed by atoms with van der Waals surface area (Å²) >= 11 is 0. The second-order valence-corrected chi connectivity index (χ2v) is 6.50. The number of alkyl halides is 2. The van der Waals surface area contributed by atoms with Crippen molar-refractivity contribution in [3.63, 3.8) is 0 Å². The number of aryl methyl sites for hydroxylation is 1. The number of allylic oxidation sites excluding steroid dienone is 2. The minimum atomic E-state index is -2.85. The number of hydrogen-bond donors (Lipinski definition) is 3. The minimum Gasteiger partial charge on any atom is -0.403 e. The molecule has 5 N–H and O–H groups in total. The molecule has 25 heavy (non-hydrogen) atoms. The van der Waals surface area contributed by atoms with Gasteiger partial charge in [0.1, 0.15) is 0 Å². The summed E-state index contributed by atoms with van der Waals surface area (Å²) in [7, 11) is 0.